The van der Waals surface area contributed by atoms with Gasteiger partial charge < -0.3 is 14.4 Å². The Labute approximate surface area is 161 Å². The minimum absolute atomic E-state index is 0.0147. The fourth-order valence-corrected chi connectivity index (χ4v) is 6.25. The summed E-state index contributed by atoms with van der Waals surface area (Å²) in [6.07, 6.45) is 3.61. The van der Waals surface area contributed by atoms with Crippen molar-refractivity contribution in [3.63, 3.8) is 0 Å². The molecule has 0 N–H and O–H groups in total. The van der Waals surface area contributed by atoms with Gasteiger partial charge in [-0.05, 0) is 41.6 Å². The summed E-state index contributed by atoms with van der Waals surface area (Å²) in [5.74, 6) is 1.15. The number of hydrogen-bond donors (Lipinski definition) is 0. The number of rotatable bonds is 3. The van der Waals surface area contributed by atoms with Crippen LogP contribution in [0.1, 0.15) is 22.1 Å². The number of ether oxygens (including phenoxy) is 2. The second-order valence-electron chi connectivity index (χ2n) is 6.43. The van der Waals surface area contributed by atoms with Gasteiger partial charge in [0.1, 0.15) is 0 Å². The molecule has 2 aliphatic rings. The zero-order chi connectivity index (χ0) is 18.9. The minimum atomic E-state index is -3.26. The first-order valence-electron chi connectivity index (χ1n) is 8.64. The Morgan fingerprint density at radius 1 is 1.19 bits per heavy atom. The Kier molecular flexibility index (Phi) is 4.92. The topological polar surface area (TPSA) is 72.9 Å². The number of amides is 1. The lowest BCUT2D eigenvalue weighted by Crippen LogP contribution is -2.32. The van der Waals surface area contributed by atoms with Gasteiger partial charge in [-0.25, -0.2) is 8.42 Å². The summed E-state index contributed by atoms with van der Waals surface area (Å²) < 4.78 is 35.8. The summed E-state index contributed by atoms with van der Waals surface area (Å²) >= 11 is 1.45. The Morgan fingerprint density at radius 2 is 2.04 bits per heavy atom. The van der Waals surface area contributed by atoms with E-state index in [0.29, 0.717) is 24.5 Å². The summed E-state index contributed by atoms with van der Waals surface area (Å²) in [4.78, 5) is 15.0. The van der Waals surface area contributed by atoms with Crippen molar-refractivity contribution in [2.45, 2.75) is 11.7 Å². The molecule has 1 atom stereocenters. The van der Waals surface area contributed by atoms with E-state index >= 15 is 0 Å². The van der Waals surface area contributed by atoms with Crippen LogP contribution in [0.15, 0.2) is 41.8 Å². The number of benzene rings is 1. The van der Waals surface area contributed by atoms with Gasteiger partial charge in [0.25, 0.3) is 0 Å². The molecule has 1 unspecified atom stereocenters. The van der Waals surface area contributed by atoms with Gasteiger partial charge in [0, 0.05) is 24.0 Å². The maximum Gasteiger partial charge on any atom is 0.246 e. The van der Waals surface area contributed by atoms with Crippen LogP contribution in [0.5, 0.6) is 11.5 Å². The lowest BCUT2D eigenvalue weighted by Gasteiger charge is -2.17. The van der Waals surface area contributed by atoms with E-state index in [-0.39, 0.29) is 25.0 Å². The van der Waals surface area contributed by atoms with Crippen LogP contribution >= 0.6 is 11.3 Å². The lowest BCUT2D eigenvalue weighted by atomic mass is 10.2. The smallest absolute Gasteiger partial charge is 0.246 e. The largest absolute Gasteiger partial charge is 0.454 e. The second kappa shape index (κ2) is 7.36. The normalized spacial score (nSPS) is 21.3. The molecule has 142 valence electrons. The van der Waals surface area contributed by atoms with Crippen LogP contribution in [0.4, 0.5) is 0 Å². The third kappa shape index (κ3) is 3.86. The Bertz CT molecular complexity index is 966. The van der Waals surface area contributed by atoms with Crippen LogP contribution in [0.3, 0.4) is 0 Å². The molecule has 1 amide bonds. The molecule has 2 aromatic rings. The molecule has 1 fully saturated rings. The van der Waals surface area contributed by atoms with E-state index in [2.05, 4.69) is 0 Å². The Balaban J connectivity index is 1.45. The van der Waals surface area contributed by atoms with Crippen molar-refractivity contribution in [3.8, 4) is 11.5 Å². The van der Waals surface area contributed by atoms with Gasteiger partial charge in [0.15, 0.2) is 21.3 Å². The van der Waals surface area contributed by atoms with E-state index in [1.807, 2.05) is 29.6 Å². The predicted octanol–water partition coefficient (Wildman–Crippen LogP) is 2.88. The standard InChI is InChI=1S/C19H19NO5S2/c21-19(6-4-14-3-5-15-16(12-14)25-13-24-15)20-8-7-18(17-2-1-10-26-17)27(22,23)11-9-20/h1-6,10,12,18H,7-9,11,13H2/b6-4+. The van der Waals surface area contributed by atoms with Gasteiger partial charge in [-0.1, -0.05) is 12.1 Å². The number of sulfone groups is 1. The van der Waals surface area contributed by atoms with E-state index in [1.54, 1.807) is 17.0 Å². The SMILES string of the molecule is O=C(/C=C/c1ccc2c(c1)OCO2)N1CCC(c2cccs2)S(=O)(=O)CC1. The molecule has 4 rings (SSSR count). The van der Waals surface area contributed by atoms with Crippen LogP contribution in [-0.2, 0) is 14.6 Å². The first kappa shape index (κ1) is 18.1. The number of nitrogens with zero attached hydrogens (tertiary/aromatic N) is 1. The highest BCUT2D eigenvalue weighted by atomic mass is 32.2. The van der Waals surface area contributed by atoms with E-state index in [1.165, 1.54) is 17.4 Å². The van der Waals surface area contributed by atoms with Crippen molar-refractivity contribution in [3.05, 3.63) is 52.2 Å². The second-order valence-corrected chi connectivity index (χ2v) is 9.71. The zero-order valence-corrected chi connectivity index (χ0v) is 16.2. The van der Waals surface area contributed by atoms with Crippen molar-refractivity contribution in [2.75, 3.05) is 25.6 Å². The number of carbonyl (C=O) groups excluding carboxylic acids is 1. The third-order valence-electron chi connectivity index (χ3n) is 4.73. The van der Waals surface area contributed by atoms with Crippen LogP contribution in [0, 0.1) is 0 Å². The molecule has 3 heterocycles. The van der Waals surface area contributed by atoms with E-state index in [4.69, 9.17) is 9.47 Å². The number of thiophene rings is 1. The van der Waals surface area contributed by atoms with E-state index in [9.17, 15) is 13.2 Å². The number of hydrogen-bond acceptors (Lipinski definition) is 6. The van der Waals surface area contributed by atoms with Gasteiger partial charge in [0.2, 0.25) is 12.7 Å². The average Bonchev–Trinajstić information content (AvgIpc) is 3.30. The van der Waals surface area contributed by atoms with E-state index < -0.39 is 15.1 Å². The third-order valence-corrected chi connectivity index (χ3v) is 7.97. The van der Waals surface area contributed by atoms with Gasteiger partial charge in [-0.2, -0.15) is 0 Å². The van der Waals surface area contributed by atoms with Gasteiger partial charge in [0.05, 0.1) is 11.0 Å². The van der Waals surface area contributed by atoms with Crippen LogP contribution in [-0.4, -0.2) is 44.9 Å². The number of fused-ring (bicyclic) bond motifs is 1. The summed E-state index contributed by atoms with van der Waals surface area (Å²) in [5.41, 5.74) is 0.825. The van der Waals surface area contributed by atoms with Crippen LogP contribution < -0.4 is 9.47 Å². The van der Waals surface area contributed by atoms with Crippen LogP contribution in [0.25, 0.3) is 6.08 Å². The summed E-state index contributed by atoms with van der Waals surface area (Å²) in [6.45, 7) is 0.843. The summed E-state index contributed by atoms with van der Waals surface area (Å²) in [7, 11) is -3.26. The molecule has 6 nitrogen and oxygen atoms in total. The molecule has 0 saturated carbocycles. The molecular weight excluding hydrogens is 386 g/mol. The molecule has 0 aliphatic carbocycles. The molecule has 27 heavy (non-hydrogen) atoms. The highest BCUT2D eigenvalue weighted by Crippen LogP contribution is 2.33. The van der Waals surface area contributed by atoms with Gasteiger partial charge >= 0.3 is 0 Å². The molecule has 8 heteroatoms. The highest BCUT2D eigenvalue weighted by molar-refractivity contribution is 7.91. The van der Waals surface area contributed by atoms with Gasteiger partial charge in [-0.3, -0.25) is 4.79 Å². The number of carbonyl (C=O) groups is 1. The summed E-state index contributed by atoms with van der Waals surface area (Å²) in [5, 5.41) is 1.36. The zero-order valence-electron chi connectivity index (χ0n) is 14.5. The maximum absolute atomic E-state index is 12.6. The van der Waals surface area contributed by atoms with Crippen molar-refractivity contribution in [2.24, 2.45) is 0 Å². The summed E-state index contributed by atoms with van der Waals surface area (Å²) in [6, 6.07) is 9.17. The lowest BCUT2D eigenvalue weighted by molar-refractivity contribution is -0.125. The molecule has 2 aliphatic heterocycles. The van der Waals surface area contributed by atoms with Crippen molar-refractivity contribution in [1.82, 2.24) is 4.90 Å². The predicted molar refractivity (Wildman–Crippen MR) is 104 cm³/mol. The Morgan fingerprint density at radius 3 is 2.85 bits per heavy atom. The molecule has 0 radical (unpaired) electrons. The fourth-order valence-electron chi connectivity index (χ4n) is 3.25. The maximum atomic E-state index is 12.6. The highest BCUT2D eigenvalue weighted by Gasteiger charge is 2.32. The molecule has 1 aromatic heterocycles. The first-order chi connectivity index (χ1) is 13.0. The first-order valence-corrected chi connectivity index (χ1v) is 11.2. The molecule has 0 spiro atoms. The average molecular weight is 405 g/mol. The molecular formula is C19H19NO5S2. The molecule has 0 bridgehead atoms. The monoisotopic (exact) mass is 405 g/mol. The molecule has 1 aromatic carbocycles. The fraction of sp³-hybridized carbons (Fsp3) is 0.316. The minimum Gasteiger partial charge on any atom is -0.454 e. The van der Waals surface area contributed by atoms with Crippen molar-refractivity contribution >= 4 is 33.2 Å². The Hall–Kier alpha value is -2.32. The van der Waals surface area contributed by atoms with Crippen LogP contribution in [0.2, 0.25) is 0 Å². The van der Waals surface area contributed by atoms with Crippen molar-refractivity contribution < 1.29 is 22.7 Å². The van der Waals surface area contributed by atoms with E-state index in [0.717, 1.165) is 10.4 Å². The van der Waals surface area contributed by atoms with Gasteiger partial charge in [-0.15, -0.1) is 11.3 Å². The van der Waals surface area contributed by atoms with Crippen molar-refractivity contribution in [1.29, 1.82) is 0 Å². The molecule has 1 saturated heterocycles. The quantitative estimate of drug-likeness (QED) is 0.734.